The predicted octanol–water partition coefficient (Wildman–Crippen LogP) is 0.655. The van der Waals surface area contributed by atoms with E-state index in [4.69, 9.17) is 10.5 Å². The number of thioether (sulfide) groups is 1. The van der Waals surface area contributed by atoms with Gasteiger partial charge in [-0.2, -0.15) is 5.10 Å². The van der Waals surface area contributed by atoms with E-state index in [0.717, 1.165) is 36.1 Å². The van der Waals surface area contributed by atoms with E-state index in [0.29, 0.717) is 11.8 Å². The van der Waals surface area contributed by atoms with Crippen molar-refractivity contribution in [1.29, 1.82) is 0 Å². The highest BCUT2D eigenvalue weighted by Crippen LogP contribution is 2.43. The minimum absolute atomic E-state index is 0.0694. The Balaban J connectivity index is 1.78. The van der Waals surface area contributed by atoms with Crippen molar-refractivity contribution < 1.29 is 9.73 Å². The quantitative estimate of drug-likeness (QED) is 0.793. The van der Waals surface area contributed by atoms with Crippen LogP contribution in [0.3, 0.4) is 0 Å². The van der Waals surface area contributed by atoms with E-state index < -0.39 is 0 Å². The van der Waals surface area contributed by atoms with Crippen molar-refractivity contribution in [3.63, 3.8) is 0 Å². The summed E-state index contributed by atoms with van der Waals surface area (Å²) < 4.78 is 7.85. The fourth-order valence-corrected chi connectivity index (χ4v) is 4.85. The van der Waals surface area contributed by atoms with Gasteiger partial charge in [0.1, 0.15) is 11.3 Å². The third kappa shape index (κ3) is 2.49. The molecule has 0 amide bonds. The van der Waals surface area contributed by atoms with Crippen molar-refractivity contribution in [2.75, 3.05) is 12.4 Å². The Kier molecular flexibility index (Phi) is 3.52. The number of aromatic nitrogens is 2. The minimum Gasteiger partial charge on any atom is -0.493 e. The number of hydrogen-bond acceptors (Lipinski definition) is 4. The highest BCUT2D eigenvalue weighted by atomic mass is 32.2. The summed E-state index contributed by atoms with van der Waals surface area (Å²) in [5.74, 6) is 2.82. The summed E-state index contributed by atoms with van der Waals surface area (Å²) in [6.45, 7) is 2.99. The van der Waals surface area contributed by atoms with Crippen molar-refractivity contribution in [3.05, 3.63) is 41.4 Å². The Morgan fingerprint density at radius 1 is 1.43 bits per heavy atom. The summed E-state index contributed by atoms with van der Waals surface area (Å²) in [6, 6.07) is 0. The molecular weight excluding hydrogens is 308 g/mol. The van der Waals surface area contributed by atoms with E-state index in [2.05, 4.69) is 35.4 Å². The molecule has 0 bridgehead atoms. The van der Waals surface area contributed by atoms with Gasteiger partial charge in [0.2, 0.25) is 0 Å². The molecule has 0 radical (unpaired) electrons. The molecule has 0 saturated carbocycles. The molecule has 1 aromatic heterocycles. The zero-order valence-corrected chi connectivity index (χ0v) is 14.4. The van der Waals surface area contributed by atoms with Gasteiger partial charge >= 0.3 is 5.17 Å². The van der Waals surface area contributed by atoms with Crippen LogP contribution in [-0.2, 0) is 11.8 Å². The zero-order valence-electron chi connectivity index (χ0n) is 13.6. The van der Waals surface area contributed by atoms with Crippen molar-refractivity contribution in [2.45, 2.75) is 31.2 Å². The van der Waals surface area contributed by atoms with Gasteiger partial charge in [0, 0.05) is 43.3 Å². The molecule has 23 heavy (non-hydrogen) atoms. The van der Waals surface area contributed by atoms with Crippen LogP contribution in [0.4, 0.5) is 0 Å². The molecule has 4 rings (SSSR count). The van der Waals surface area contributed by atoms with Gasteiger partial charge in [0.05, 0.1) is 12.8 Å². The van der Waals surface area contributed by atoms with Crippen LogP contribution >= 0.6 is 11.8 Å². The van der Waals surface area contributed by atoms with Crippen LogP contribution in [-0.4, -0.2) is 32.8 Å². The lowest BCUT2D eigenvalue weighted by Gasteiger charge is -2.40. The zero-order chi connectivity index (χ0) is 16.0. The predicted molar refractivity (Wildman–Crippen MR) is 91.8 cm³/mol. The van der Waals surface area contributed by atoms with E-state index in [1.807, 2.05) is 17.9 Å². The molecule has 122 valence electrons. The molecule has 3 N–H and O–H groups in total. The summed E-state index contributed by atoms with van der Waals surface area (Å²) in [4.78, 5) is 3.57. The molecule has 2 aliphatic heterocycles. The first-order valence-electron chi connectivity index (χ1n) is 8.17. The lowest BCUT2D eigenvalue weighted by Crippen LogP contribution is -2.91. The second kappa shape index (κ2) is 5.44. The van der Waals surface area contributed by atoms with Gasteiger partial charge in [-0.3, -0.25) is 15.4 Å². The van der Waals surface area contributed by atoms with Gasteiger partial charge < -0.3 is 4.74 Å². The Hall–Kier alpha value is -1.69. The summed E-state index contributed by atoms with van der Waals surface area (Å²) >= 11 is 1.71. The van der Waals surface area contributed by atoms with E-state index >= 15 is 0 Å². The molecular formula is C17H23N4OS+. The van der Waals surface area contributed by atoms with E-state index in [9.17, 15) is 0 Å². The van der Waals surface area contributed by atoms with Gasteiger partial charge in [0.25, 0.3) is 0 Å². The SMILES string of the molecule is CC1C=C2OCCC3(CCSC(N)=[NH+]3)C2=CC1c1cnn(C)c1. The third-order valence-corrected chi connectivity index (χ3v) is 5.97. The molecule has 3 aliphatic rings. The average Bonchev–Trinajstić information content (AvgIpc) is 2.93. The lowest BCUT2D eigenvalue weighted by atomic mass is 9.73. The molecule has 0 aromatic carbocycles. The Morgan fingerprint density at radius 3 is 3.04 bits per heavy atom. The van der Waals surface area contributed by atoms with E-state index in [1.54, 1.807) is 11.8 Å². The summed E-state index contributed by atoms with van der Waals surface area (Å²) in [7, 11) is 1.96. The van der Waals surface area contributed by atoms with Crippen LogP contribution in [0.5, 0.6) is 0 Å². The average molecular weight is 331 g/mol. The third-order valence-electron chi connectivity index (χ3n) is 5.15. The number of rotatable bonds is 1. The Labute approximate surface area is 140 Å². The first-order chi connectivity index (χ1) is 11.1. The van der Waals surface area contributed by atoms with Gasteiger partial charge in [-0.1, -0.05) is 13.0 Å². The smallest absolute Gasteiger partial charge is 0.302 e. The largest absolute Gasteiger partial charge is 0.493 e. The summed E-state index contributed by atoms with van der Waals surface area (Å²) in [5.41, 5.74) is 8.57. The van der Waals surface area contributed by atoms with Crippen LogP contribution in [0.2, 0.25) is 0 Å². The molecule has 1 spiro atoms. The molecule has 1 saturated heterocycles. The highest BCUT2D eigenvalue weighted by molar-refractivity contribution is 8.13. The number of fused-ring (bicyclic) bond motifs is 2. The summed E-state index contributed by atoms with van der Waals surface area (Å²) in [5, 5.41) is 5.17. The van der Waals surface area contributed by atoms with Crippen molar-refractivity contribution in [2.24, 2.45) is 18.7 Å². The van der Waals surface area contributed by atoms with Crippen LogP contribution < -0.4 is 10.7 Å². The monoisotopic (exact) mass is 331 g/mol. The Morgan fingerprint density at radius 2 is 2.30 bits per heavy atom. The van der Waals surface area contributed by atoms with Crippen LogP contribution in [0, 0.1) is 5.92 Å². The first-order valence-corrected chi connectivity index (χ1v) is 9.15. The topological polar surface area (TPSA) is 67.0 Å². The van der Waals surface area contributed by atoms with Gasteiger partial charge in [0.15, 0.2) is 0 Å². The molecule has 3 heterocycles. The standard InChI is InChI=1S/C17H22N4OS/c1-11-7-15-14(8-13(11)12-9-19-21(2)10-12)17(3-5-22-15)4-6-23-16(18)20-17/h7-11,13H,3-6H2,1-2H3,(H2,18,20)/p+1. The fourth-order valence-electron chi connectivity index (χ4n) is 3.91. The van der Waals surface area contributed by atoms with Crippen molar-refractivity contribution >= 4 is 16.9 Å². The van der Waals surface area contributed by atoms with E-state index in [1.165, 1.54) is 11.1 Å². The Bertz CT molecular complexity index is 720. The number of hydrogen-bond donors (Lipinski definition) is 2. The summed E-state index contributed by atoms with van der Waals surface area (Å²) in [6.07, 6.45) is 10.8. The number of aryl methyl sites for hydroxylation is 1. The number of ether oxygens (including phenoxy) is 1. The normalized spacial score (nSPS) is 33.4. The van der Waals surface area contributed by atoms with Crippen LogP contribution in [0.1, 0.15) is 31.2 Å². The second-order valence-electron chi connectivity index (χ2n) is 6.71. The van der Waals surface area contributed by atoms with Gasteiger partial charge in [-0.15, -0.1) is 0 Å². The number of nitrogens with one attached hydrogen (secondary N) is 1. The van der Waals surface area contributed by atoms with Crippen molar-refractivity contribution in [1.82, 2.24) is 9.78 Å². The number of nitrogens with two attached hydrogens (primary N) is 1. The second-order valence-corrected chi connectivity index (χ2v) is 7.85. The number of amidine groups is 1. The number of allylic oxidation sites excluding steroid dienone is 2. The maximum Gasteiger partial charge on any atom is 0.302 e. The molecule has 3 unspecified atom stereocenters. The molecule has 5 nitrogen and oxygen atoms in total. The van der Waals surface area contributed by atoms with Gasteiger partial charge in [-0.05, 0) is 29.3 Å². The van der Waals surface area contributed by atoms with Crippen LogP contribution in [0.25, 0.3) is 0 Å². The minimum atomic E-state index is -0.0694. The van der Waals surface area contributed by atoms with Crippen LogP contribution in [0.15, 0.2) is 35.9 Å². The van der Waals surface area contributed by atoms with E-state index in [-0.39, 0.29) is 5.54 Å². The van der Waals surface area contributed by atoms with Crippen molar-refractivity contribution in [3.8, 4) is 0 Å². The lowest BCUT2D eigenvalue weighted by molar-refractivity contribution is -0.545. The first kappa shape index (κ1) is 14.9. The maximum atomic E-state index is 6.11. The molecule has 1 aromatic rings. The molecule has 6 heteroatoms. The maximum absolute atomic E-state index is 6.11. The highest BCUT2D eigenvalue weighted by Gasteiger charge is 2.46. The molecule has 1 aliphatic carbocycles. The number of nitrogens with zero attached hydrogens (tertiary/aromatic N) is 2. The molecule has 1 fully saturated rings. The molecule has 3 atom stereocenters. The van der Waals surface area contributed by atoms with Gasteiger partial charge in [-0.25, -0.2) is 0 Å². The fraction of sp³-hybridized carbons (Fsp3) is 0.529.